The summed E-state index contributed by atoms with van der Waals surface area (Å²) in [6, 6.07) is 1.73. The molecule has 1 saturated heterocycles. The molecule has 5 atom stereocenters. The summed E-state index contributed by atoms with van der Waals surface area (Å²) in [6.07, 6.45) is -1.02. The molecule has 10 N–H and O–H groups in total. The van der Waals surface area contributed by atoms with Gasteiger partial charge in [-0.15, -0.1) is 0 Å². The van der Waals surface area contributed by atoms with Gasteiger partial charge in [-0.05, 0) is 25.3 Å². The lowest BCUT2D eigenvalue weighted by molar-refractivity contribution is -0.144. The zero-order chi connectivity index (χ0) is 35.1. The van der Waals surface area contributed by atoms with Crippen LogP contribution in [0.2, 0.25) is 0 Å². The Balaban J connectivity index is 2.46. The summed E-state index contributed by atoms with van der Waals surface area (Å²) in [6.45, 7) is 0.685. The molecule has 258 valence electrons. The Morgan fingerprint density at radius 1 is 1.00 bits per heavy atom. The number of aliphatic carboxylic acids is 1. The lowest BCUT2D eigenvalue weighted by Gasteiger charge is -2.32. The van der Waals surface area contributed by atoms with Crippen LogP contribution in [0, 0.1) is 0 Å². The van der Waals surface area contributed by atoms with Crippen molar-refractivity contribution in [3.63, 3.8) is 0 Å². The number of carbonyl (C=O) groups excluding carboxylic acids is 6. The predicted octanol–water partition coefficient (Wildman–Crippen LogP) is -3.09. The number of guanidine groups is 1. The molecule has 47 heavy (non-hydrogen) atoms. The van der Waals surface area contributed by atoms with Gasteiger partial charge in [-0.25, -0.2) is 9.59 Å². The molecule has 7 amide bonds. The van der Waals surface area contributed by atoms with Crippen molar-refractivity contribution in [3.8, 4) is 0 Å². The number of aliphatic imine (C=N–C) groups is 1. The first-order valence-corrected chi connectivity index (χ1v) is 14.9. The number of aliphatic hydroxyl groups excluding tert-OH is 1. The number of nitrogens with two attached hydrogens (primary N) is 1. The number of hydrogen-bond donors (Lipinski definition) is 9. The van der Waals surface area contributed by atoms with Crippen molar-refractivity contribution in [3.05, 3.63) is 35.9 Å². The van der Waals surface area contributed by atoms with E-state index < -0.39 is 91.2 Å². The molecule has 1 aliphatic heterocycles. The normalized spacial score (nSPS) is 23.8. The minimum Gasteiger partial charge on any atom is -0.480 e. The molecule has 0 bridgehead atoms. The van der Waals surface area contributed by atoms with Crippen LogP contribution in [0.25, 0.3) is 0 Å². The number of urea groups is 1. The first kappa shape index (κ1) is 37.9. The van der Waals surface area contributed by atoms with Gasteiger partial charge in [0.05, 0.1) is 19.1 Å². The van der Waals surface area contributed by atoms with Gasteiger partial charge in [0.2, 0.25) is 29.5 Å². The number of benzene rings is 1. The number of carboxylic acid groups (broad SMARTS) is 1. The highest BCUT2D eigenvalue weighted by atomic mass is 16.4. The molecule has 1 fully saturated rings. The average Bonchev–Trinajstić information content (AvgIpc) is 3.03. The monoisotopic (exact) mass is 661 g/mol. The Kier molecular flexibility index (Phi) is 15.0. The standard InChI is InChI=1S/C29H43N9O9/c1-16-24(42)36-19(10-7-11-32-28(30)37-29(47)31-2)26(44)38(3)21(12-17-8-5-4-6-9-17)25(43)34-18(15-39)13-22(40)35-20(27(45)46)14-23(41)33-16/h4-6,8-9,16,18-21,39H,7,10-15H2,1-3H3,(H,33,41)(H,34,43)(H,35,40)(H,36,42)(H,45,46)(H4,30,31,32,37,47)/t16-,18+,19?,20+,21?/m1/s1. The van der Waals surface area contributed by atoms with Crippen LogP contribution in [0.3, 0.4) is 0 Å². The number of nitrogens with zero attached hydrogens (tertiary/aromatic N) is 2. The summed E-state index contributed by atoms with van der Waals surface area (Å²) in [5.41, 5.74) is 6.37. The fourth-order valence-corrected chi connectivity index (χ4v) is 4.60. The van der Waals surface area contributed by atoms with Crippen molar-refractivity contribution in [2.24, 2.45) is 10.7 Å². The third-order valence-corrected chi connectivity index (χ3v) is 7.20. The van der Waals surface area contributed by atoms with Crippen LogP contribution in [0.4, 0.5) is 4.79 Å². The number of amides is 7. The minimum absolute atomic E-state index is 0.00475. The molecule has 0 aliphatic carbocycles. The number of nitrogens with one attached hydrogen (secondary N) is 6. The summed E-state index contributed by atoms with van der Waals surface area (Å²) in [5, 5.41) is 33.8. The van der Waals surface area contributed by atoms with E-state index in [9.17, 15) is 43.8 Å². The van der Waals surface area contributed by atoms with Crippen LogP contribution in [-0.4, -0.2) is 120 Å². The molecule has 2 rings (SSSR count). The van der Waals surface area contributed by atoms with Gasteiger partial charge in [0.15, 0.2) is 5.96 Å². The van der Waals surface area contributed by atoms with Gasteiger partial charge in [-0.3, -0.25) is 34.3 Å². The molecule has 18 nitrogen and oxygen atoms in total. The fraction of sp³-hybridized carbons (Fsp3) is 0.517. The number of hydrogen-bond acceptors (Lipinski definition) is 9. The first-order chi connectivity index (χ1) is 22.2. The number of rotatable bonds is 8. The molecule has 1 heterocycles. The van der Waals surface area contributed by atoms with E-state index in [1.165, 1.54) is 21.0 Å². The van der Waals surface area contributed by atoms with Gasteiger partial charge >= 0.3 is 12.0 Å². The van der Waals surface area contributed by atoms with Crippen molar-refractivity contribution >= 4 is 47.5 Å². The van der Waals surface area contributed by atoms with Crippen molar-refractivity contribution in [2.45, 2.75) is 69.2 Å². The van der Waals surface area contributed by atoms with E-state index in [4.69, 9.17) is 5.73 Å². The van der Waals surface area contributed by atoms with E-state index in [1.807, 2.05) is 0 Å². The Hall–Kier alpha value is -5.26. The lowest BCUT2D eigenvalue weighted by atomic mass is 10.0. The summed E-state index contributed by atoms with van der Waals surface area (Å²) in [4.78, 5) is 94.4. The SMILES string of the molecule is CNC(=O)NC(N)=NCCCC1NC(=O)[C@@H](C)NC(=O)C[C@@H](C(=O)O)NC(=O)C[C@@H](CO)NC(=O)C(Cc2ccccc2)N(C)C1=O. The zero-order valence-electron chi connectivity index (χ0n) is 26.4. The maximum absolute atomic E-state index is 13.9. The summed E-state index contributed by atoms with van der Waals surface area (Å²) in [5.74, 6) is -5.58. The smallest absolute Gasteiger partial charge is 0.326 e. The van der Waals surface area contributed by atoms with E-state index in [1.54, 1.807) is 30.3 Å². The Morgan fingerprint density at radius 2 is 1.66 bits per heavy atom. The van der Waals surface area contributed by atoms with Gasteiger partial charge in [0, 0.05) is 33.5 Å². The average molecular weight is 662 g/mol. The first-order valence-electron chi connectivity index (χ1n) is 14.9. The fourth-order valence-electron chi connectivity index (χ4n) is 4.60. The molecule has 2 unspecified atom stereocenters. The van der Waals surface area contributed by atoms with Crippen LogP contribution in [0.5, 0.6) is 0 Å². The van der Waals surface area contributed by atoms with Crippen LogP contribution >= 0.6 is 0 Å². The maximum Gasteiger partial charge on any atom is 0.326 e. The molecule has 1 aromatic rings. The van der Waals surface area contributed by atoms with Crippen LogP contribution < -0.4 is 37.6 Å². The second-order valence-corrected chi connectivity index (χ2v) is 10.9. The molecule has 18 heteroatoms. The predicted molar refractivity (Wildman–Crippen MR) is 167 cm³/mol. The number of aliphatic hydroxyl groups is 1. The number of carboxylic acids is 1. The molecule has 0 spiro atoms. The second kappa shape index (κ2) is 18.6. The van der Waals surface area contributed by atoms with E-state index in [2.05, 4.69) is 36.9 Å². The van der Waals surface area contributed by atoms with Gasteiger partial charge < -0.3 is 47.4 Å². The third kappa shape index (κ3) is 12.6. The maximum atomic E-state index is 13.9. The second-order valence-electron chi connectivity index (χ2n) is 10.9. The van der Waals surface area contributed by atoms with Crippen LogP contribution in [-0.2, 0) is 35.2 Å². The van der Waals surface area contributed by atoms with Crippen molar-refractivity contribution in [2.75, 3.05) is 27.2 Å². The quantitative estimate of drug-likeness (QED) is 0.0769. The third-order valence-electron chi connectivity index (χ3n) is 7.20. The number of likely N-dealkylation sites (N-methyl/N-ethyl adjacent to an activating group) is 1. The van der Waals surface area contributed by atoms with Gasteiger partial charge in [0.25, 0.3) is 0 Å². The topological polar surface area (TPSA) is 274 Å². The molecule has 0 aromatic heterocycles. The van der Waals surface area contributed by atoms with E-state index in [-0.39, 0.29) is 31.8 Å². The van der Waals surface area contributed by atoms with Gasteiger partial charge in [-0.2, -0.15) is 0 Å². The van der Waals surface area contributed by atoms with Gasteiger partial charge in [-0.1, -0.05) is 30.3 Å². The van der Waals surface area contributed by atoms with Crippen LogP contribution in [0.1, 0.15) is 38.2 Å². The molecular weight excluding hydrogens is 618 g/mol. The van der Waals surface area contributed by atoms with E-state index in [0.717, 1.165) is 4.90 Å². The molecule has 0 radical (unpaired) electrons. The highest BCUT2D eigenvalue weighted by Crippen LogP contribution is 2.13. The Labute approximate surface area is 271 Å². The number of carbonyl (C=O) groups is 7. The van der Waals surface area contributed by atoms with Crippen molar-refractivity contribution < 1.29 is 43.8 Å². The molecule has 1 aromatic carbocycles. The van der Waals surface area contributed by atoms with Gasteiger partial charge in [0.1, 0.15) is 24.2 Å². The Morgan fingerprint density at radius 3 is 2.28 bits per heavy atom. The summed E-state index contributed by atoms with van der Waals surface area (Å²) in [7, 11) is 2.76. The molecule has 0 saturated carbocycles. The van der Waals surface area contributed by atoms with E-state index >= 15 is 0 Å². The largest absolute Gasteiger partial charge is 0.480 e. The van der Waals surface area contributed by atoms with Crippen LogP contribution in [0.15, 0.2) is 35.3 Å². The molecular formula is C29H43N9O9. The van der Waals surface area contributed by atoms with Crippen molar-refractivity contribution in [1.82, 2.24) is 36.8 Å². The highest BCUT2D eigenvalue weighted by Gasteiger charge is 2.35. The minimum atomic E-state index is -1.67. The summed E-state index contributed by atoms with van der Waals surface area (Å²) >= 11 is 0. The summed E-state index contributed by atoms with van der Waals surface area (Å²) < 4.78 is 0. The highest BCUT2D eigenvalue weighted by molar-refractivity contribution is 5.96. The van der Waals surface area contributed by atoms with Crippen molar-refractivity contribution in [1.29, 1.82) is 0 Å². The Bertz CT molecular complexity index is 1330. The molecule has 1 aliphatic rings. The zero-order valence-corrected chi connectivity index (χ0v) is 26.4. The van der Waals surface area contributed by atoms with E-state index in [0.29, 0.717) is 5.56 Å². The lowest BCUT2D eigenvalue weighted by Crippen LogP contribution is -2.58.